The summed E-state index contributed by atoms with van der Waals surface area (Å²) in [6, 6.07) is 9.64. The van der Waals surface area contributed by atoms with E-state index in [2.05, 4.69) is 47.2 Å². The minimum Gasteiger partial charge on any atom is -0.483 e. The fourth-order valence-corrected chi connectivity index (χ4v) is 2.87. The summed E-state index contributed by atoms with van der Waals surface area (Å²) in [5.74, 6) is 0.415. The monoisotopic (exact) mass is 394 g/mol. The Morgan fingerprint density at radius 1 is 1.39 bits per heavy atom. The van der Waals surface area contributed by atoms with Gasteiger partial charge in [-0.25, -0.2) is 5.43 Å². The number of thiophene rings is 1. The normalized spacial score (nSPS) is 11.7. The van der Waals surface area contributed by atoms with Gasteiger partial charge in [0.1, 0.15) is 5.75 Å². The predicted octanol–water partition coefficient (Wildman–Crippen LogP) is 4.34. The number of nitrogens with one attached hydrogen (secondary N) is 1. The number of benzene rings is 1. The number of amides is 1. The van der Waals surface area contributed by atoms with Gasteiger partial charge in [-0.05, 0) is 35.1 Å². The van der Waals surface area contributed by atoms with E-state index < -0.39 is 0 Å². The first-order valence-electron chi connectivity index (χ1n) is 7.14. The zero-order valence-electron chi connectivity index (χ0n) is 13.3. The smallest absolute Gasteiger partial charge is 0.277 e. The molecule has 0 aliphatic carbocycles. The first-order chi connectivity index (χ1) is 10.9. The van der Waals surface area contributed by atoms with Crippen molar-refractivity contribution >= 4 is 39.4 Å². The average Bonchev–Trinajstić information content (AvgIpc) is 2.98. The Kier molecular flexibility index (Phi) is 5.96. The molecule has 0 radical (unpaired) electrons. The lowest BCUT2D eigenvalue weighted by atomic mass is 9.86. The summed E-state index contributed by atoms with van der Waals surface area (Å²) in [6.07, 6.45) is 1.61. The molecule has 4 nitrogen and oxygen atoms in total. The lowest BCUT2D eigenvalue weighted by Gasteiger charge is -2.23. The van der Waals surface area contributed by atoms with E-state index in [0.29, 0.717) is 5.75 Å². The van der Waals surface area contributed by atoms with Crippen molar-refractivity contribution in [2.24, 2.45) is 5.10 Å². The molecular weight excluding hydrogens is 376 g/mol. The predicted molar refractivity (Wildman–Crippen MR) is 98.4 cm³/mol. The number of hydrogen-bond acceptors (Lipinski definition) is 4. The van der Waals surface area contributed by atoms with Crippen LogP contribution in [0.3, 0.4) is 0 Å². The summed E-state index contributed by atoms with van der Waals surface area (Å²) >= 11 is 5.02. The first kappa shape index (κ1) is 17.7. The topological polar surface area (TPSA) is 50.7 Å². The molecule has 2 rings (SSSR count). The molecule has 0 unspecified atom stereocenters. The molecule has 1 heterocycles. The Hall–Kier alpha value is -1.66. The number of carbonyl (C=O) groups is 1. The van der Waals surface area contributed by atoms with Crippen LogP contribution in [0.25, 0.3) is 0 Å². The molecular formula is C17H19BrN2O2S. The van der Waals surface area contributed by atoms with Crippen molar-refractivity contribution in [2.75, 3.05) is 6.61 Å². The van der Waals surface area contributed by atoms with Crippen molar-refractivity contribution < 1.29 is 9.53 Å². The van der Waals surface area contributed by atoms with Crippen molar-refractivity contribution in [1.29, 1.82) is 0 Å². The second kappa shape index (κ2) is 7.75. The van der Waals surface area contributed by atoms with Gasteiger partial charge in [-0.15, -0.1) is 11.3 Å². The highest BCUT2D eigenvalue weighted by Crippen LogP contribution is 2.33. The second-order valence-corrected chi connectivity index (χ2v) is 7.88. The van der Waals surface area contributed by atoms with E-state index in [-0.39, 0.29) is 17.9 Å². The van der Waals surface area contributed by atoms with Crippen LogP contribution in [-0.2, 0) is 10.2 Å². The Labute approximate surface area is 148 Å². The van der Waals surface area contributed by atoms with Gasteiger partial charge < -0.3 is 4.74 Å². The minimum atomic E-state index is -0.291. The van der Waals surface area contributed by atoms with Gasteiger partial charge in [0.05, 0.1) is 6.21 Å². The molecule has 0 aliphatic heterocycles. The van der Waals surface area contributed by atoms with Crippen LogP contribution >= 0.6 is 27.3 Å². The molecule has 1 aromatic carbocycles. The van der Waals surface area contributed by atoms with Gasteiger partial charge in [0.15, 0.2) is 6.61 Å². The van der Waals surface area contributed by atoms with Crippen molar-refractivity contribution in [1.82, 2.24) is 5.43 Å². The van der Waals surface area contributed by atoms with E-state index in [0.717, 1.165) is 14.9 Å². The molecule has 6 heteroatoms. The number of ether oxygens (including phenoxy) is 1. The fourth-order valence-electron chi connectivity index (χ4n) is 1.92. The number of carbonyl (C=O) groups excluding carboxylic acids is 1. The van der Waals surface area contributed by atoms with Crippen molar-refractivity contribution in [3.8, 4) is 5.75 Å². The van der Waals surface area contributed by atoms with Crippen LogP contribution in [0.4, 0.5) is 0 Å². The molecule has 122 valence electrons. The van der Waals surface area contributed by atoms with Crippen LogP contribution in [-0.4, -0.2) is 18.7 Å². The quantitative estimate of drug-likeness (QED) is 0.605. The molecule has 0 atom stereocenters. The largest absolute Gasteiger partial charge is 0.483 e. The van der Waals surface area contributed by atoms with E-state index in [1.807, 2.05) is 35.7 Å². The van der Waals surface area contributed by atoms with Crippen LogP contribution < -0.4 is 10.2 Å². The lowest BCUT2D eigenvalue weighted by Crippen LogP contribution is -2.25. The third kappa shape index (κ3) is 5.48. The molecule has 0 fully saturated rings. The van der Waals surface area contributed by atoms with E-state index >= 15 is 0 Å². The van der Waals surface area contributed by atoms with E-state index in [1.54, 1.807) is 17.6 Å². The molecule has 0 saturated carbocycles. The van der Waals surface area contributed by atoms with Gasteiger partial charge in [0.2, 0.25) is 0 Å². The maximum atomic E-state index is 11.8. The van der Waals surface area contributed by atoms with E-state index in [4.69, 9.17) is 4.74 Å². The molecule has 0 aliphatic rings. The van der Waals surface area contributed by atoms with Gasteiger partial charge >= 0.3 is 0 Å². The summed E-state index contributed by atoms with van der Waals surface area (Å²) in [6.45, 7) is 6.24. The SMILES string of the molecule is CC(C)(C)c1cc(Br)ccc1OCC(=O)N/N=C/c1cccs1. The van der Waals surface area contributed by atoms with Gasteiger partial charge in [-0.1, -0.05) is 42.8 Å². The molecule has 1 aromatic heterocycles. The Bertz CT molecular complexity index is 691. The summed E-state index contributed by atoms with van der Waals surface area (Å²) in [5.41, 5.74) is 3.43. The van der Waals surface area contributed by atoms with Crippen molar-refractivity contribution in [3.63, 3.8) is 0 Å². The zero-order valence-corrected chi connectivity index (χ0v) is 15.7. The highest BCUT2D eigenvalue weighted by molar-refractivity contribution is 9.10. The third-order valence-electron chi connectivity index (χ3n) is 3.03. The summed E-state index contributed by atoms with van der Waals surface area (Å²) < 4.78 is 6.65. The Balaban J connectivity index is 1.94. The fraction of sp³-hybridized carbons (Fsp3) is 0.294. The summed E-state index contributed by atoms with van der Waals surface area (Å²) in [5, 5.41) is 5.86. The maximum Gasteiger partial charge on any atom is 0.277 e. The van der Waals surface area contributed by atoms with Crippen LogP contribution in [0.5, 0.6) is 5.75 Å². The van der Waals surface area contributed by atoms with E-state index in [1.165, 1.54) is 0 Å². The van der Waals surface area contributed by atoms with Gasteiger partial charge in [-0.2, -0.15) is 5.10 Å². The molecule has 0 saturated heterocycles. The van der Waals surface area contributed by atoms with Gasteiger partial charge in [0.25, 0.3) is 5.91 Å². The van der Waals surface area contributed by atoms with Crippen molar-refractivity contribution in [3.05, 3.63) is 50.6 Å². The number of hydrazone groups is 1. The Morgan fingerprint density at radius 2 is 2.17 bits per heavy atom. The van der Waals surface area contributed by atoms with Crippen molar-refractivity contribution in [2.45, 2.75) is 26.2 Å². The number of rotatable bonds is 5. The van der Waals surface area contributed by atoms with Crippen LogP contribution in [0.2, 0.25) is 0 Å². The van der Waals surface area contributed by atoms with Crippen LogP contribution in [0, 0.1) is 0 Å². The molecule has 0 bridgehead atoms. The lowest BCUT2D eigenvalue weighted by molar-refractivity contribution is -0.123. The highest BCUT2D eigenvalue weighted by atomic mass is 79.9. The highest BCUT2D eigenvalue weighted by Gasteiger charge is 2.19. The number of halogens is 1. The number of nitrogens with zero attached hydrogens (tertiary/aromatic N) is 1. The van der Waals surface area contributed by atoms with Gasteiger partial charge in [-0.3, -0.25) is 4.79 Å². The summed E-state index contributed by atoms with van der Waals surface area (Å²) in [7, 11) is 0. The second-order valence-electron chi connectivity index (χ2n) is 5.99. The molecule has 1 amide bonds. The summed E-state index contributed by atoms with van der Waals surface area (Å²) in [4.78, 5) is 12.8. The minimum absolute atomic E-state index is 0.0765. The van der Waals surface area contributed by atoms with Gasteiger partial charge in [0, 0.05) is 14.9 Å². The third-order valence-corrected chi connectivity index (χ3v) is 4.33. The number of hydrogen-bond donors (Lipinski definition) is 1. The Morgan fingerprint density at radius 3 is 2.83 bits per heavy atom. The standard InChI is InChI=1S/C17H19BrN2O2S/c1-17(2,3)14-9-12(18)6-7-15(14)22-11-16(21)20-19-10-13-5-4-8-23-13/h4-10H,11H2,1-3H3,(H,20,21)/b19-10+. The van der Waals surface area contributed by atoms with E-state index in [9.17, 15) is 4.79 Å². The first-order valence-corrected chi connectivity index (χ1v) is 8.82. The average molecular weight is 395 g/mol. The van der Waals surface area contributed by atoms with Crippen LogP contribution in [0.15, 0.2) is 45.3 Å². The molecule has 23 heavy (non-hydrogen) atoms. The van der Waals surface area contributed by atoms with Crippen LogP contribution in [0.1, 0.15) is 31.2 Å². The molecule has 2 aromatic rings. The molecule has 0 spiro atoms. The maximum absolute atomic E-state index is 11.8. The zero-order chi connectivity index (χ0) is 16.9. The molecule has 1 N–H and O–H groups in total.